The molecule has 0 atom stereocenters. The van der Waals surface area contributed by atoms with E-state index in [4.69, 9.17) is 11.6 Å². The van der Waals surface area contributed by atoms with E-state index in [0.29, 0.717) is 21.2 Å². The lowest BCUT2D eigenvalue weighted by molar-refractivity contribution is 0.102. The number of nitrogens with one attached hydrogen (secondary N) is 1. The second kappa shape index (κ2) is 6.54. The molecule has 0 spiro atoms. The van der Waals surface area contributed by atoms with Crippen molar-refractivity contribution in [2.24, 2.45) is 0 Å². The van der Waals surface area contributed by atoms with Gasteiger partial charge in [0.25, 0.3) is 5.91 Å². The molecule has 0 bridgehead atoms. The van der Waals surface area contributed by atoms with Crippen molar-refractivity contribution in [3.63, 3.8) is 0 Å². The van der Waals surface area contributed by atoms with E-state index in [1.165, 1.54) is 11.3 Å². The molecule has 8 heteroatoms. The summed E-state index contributed by atoms with van der Waals surface area (Å²) in [6.45, 7) is 0. The number of aromatic nitrogens is 4. The molecule has 1 N–H and O–H groups in total. The van der Waals surface area contributed by atoms with Gasteiger partial charge in [0, 0.05) is 23.3 Å². The van der Waals surface area contributed by atoms with Crippen molar-refractivity contribution in [3.8, 4) is 10.6 Å². The fourth-order valence-electron chi connectivity index (χ4n) is 2.38. The van der Waals surface area contributed by atoms with Crippen molar-refractivity contribution < 1.29 is 4.79 Å². The van der Waals surface area contributed by atoms with Gasteiger partial charge in [-0.2, -0.15) is 0 Å². The van der Waals surface area contributed by atoms with Gasteiger partial charge in [0.1, 0.15) is 10.2 Å². The third kappa shape index (κ3) is 3.19. The number of halogens is 1. The normalized spacial score (nSPS) is 10.8. The molecule has 0 radical (unpaired) electrons. The summed E-state index contributed by atoms with van der Waals surface area (Å²) in [5, 5.41) is 13.0. The average Bonchev–Trinajstić information content (AvgIpc) is 3.10. The zero-order valence-corrected chi connectivity index (χ0v) is 14.3. The number of amides is 1. The summed E-state index contributed by atoms with van der Waals surface area (Å²) >= 11 is 7.32. The van der Waals surface area contributed by atoms with E-state index in [1.807, 2.05) is 36.4 Å². The third-order valence-electron chi connectivity index (χ3n) is 3.50. The molecule has 0 aliphatic carbocycles. The SMILES string of the molecule is O=C(Nc1nnc(-c2ccncc2)s1)c1cc(Cl)nc2ccccc12. The predicted octanol–water partition coefficient (Wildman–Crippen LogP) is 4.05. The van der Waals surface area contributed by atoms with Crippen LogP contribution in [0.3, 0.4) is 0 Å². The van der Waals surface area contributed by atoms with Crippen LogP contribution < -0.4 is 5.32 Å². The first-order valence-electron chi connectivity index (χ1n) is 7.31. The van der Waals surface area contributed by atoms with E-state index < -0.39 is 0 Å². The summed E-state index contributed by atoms with van der Waals surface area (Å²) < 4.78 is 0. The molecular weight excluding hydrogens is 358 g/mol. The number of hydrogen-bond donors (Lipinski definition) is 1. The largest absolute Gasteiger partial charge is 0.296 e. The topological polar surface area (TPSA) is 80.7 Å². The Morgan fingerprint density at radius 2 is 1.88 bits per heavy atom. The van der Waals surface area contributed by atoms with E-state index in [1.54, 1.807) is 18.5 Å². The van der Waals surface area contributed by atoms with E-state index >= 15 is 0 Å². The summed E-state index contributed by atoms with van der Waals surface area (Å²) in [4.78, 5) is 20.9. The first kappa shape index (κ1) is 15.6. The molecule has 4 aromatic rings. The Kier molecular flexibility index (Phi) is 4.09. The molecule has 25 heavy (non-hydrogen) atoms. The number of rotatable bonds is 3. The molecule has 1 aromatic carbocycles. The van der Waals surface area contributed by atoms with E-state index in [2.05, 4.69) is 25.5 Å². The van der Waals surface area contributed by atoms with E-state index in [9.17, 15) is 4.79 Å². The van der Waals surface area contributed by atoms with Crippen LogP contribution in [0.5, 0.6) is 0 Å². The molecule has 122 valence electrons. The minimum Gasteiger partial charge on any atom is -0.296 e. The van der Waals surface area contributed by atoms with Crippen LogP contribution in [0.15, 0.2) is 54.9 Å². The Bertz CT molecular complexity index is 1070. The number of fused-ring (bicyclic) bond motifs is 1. The first-order chi connectivity index (χ1) is 12.2. The van der Waals surface area contributed by atoms with Gasteiger partial charge in [-0.15, -0.1) is 10.2 Å². The van der Waals surface area contributed by atoms with Gasteiger partial charge in [0.15, 0.2) is 0 Å². The molecule has 0 unspecified atom stereocenters. The smallest absolute Gasteiger partial charge is 0.258 e. The van der Waals surface area contributed by atoms with Gasteiger partial charge < -0.3 is 0 Å². The molecule has 0 saturated carbocycles. The Labute approximate surface area is 151 Å². The Morgan fingerprint density at radius 1 is 1.08 bits per heavy atom. The van der Waals surface area contributed by atoms with E-state index in [-0.39, 0.29) is 11.1 Å². The molecule has 0 aliphatic heterocycles. The first-order valence-corrected chi connectivity index (χ1v) is 8.51. The van der Waals surface area contributed by atoms with Crippen molar-refractivity contribution >= 4 is 44.9 Å². The molecule has 1 amide bonds. The molecule has 0 fully saturated rings. The van der Waals surface area contributed by atoms with Gasteiger partial charge in [-0.3, -0.25) is 15.1 Å². The minimum absolute atomic E-state index is 0.263. The molecule has 0 saturated heterocycles. The van der Waals surface area contributed by atoms with Gasteiger partial charge >= 0.3 is 0 Å². The Balaban J connectivity index is 1.64. The Morgan fingerprint density at radius 3 is 2.72 bits per heavy atom. The predicted molar refractivity (Wildman–Crippen MR) is 97.8 cm³/mol. The zero-order valence-electron chi connectivity index (χ0n) is 12.7. The number of carbonyl (C=O) groups excluding carboxylic acids is 1. The maximum Gasteiger partial charge on any atom is 0.258 e. The maximum absolute atomic E-state index is 12.7. The molecule has 3 aromatic heterocycles. The fourth-order valence-corrected chi connectivity index (χ4v) is 3.32. The van der Waals surface area contributed by atoms with E-state index in [0.717, 1.165) is 10.9 Å². The number of benzene rings is 1. The van der Waals surface area contributed by atoms with Crippen LogP contribution in [0.1, 0.15) is 10.4 Å². The lowest BCUT2D eigenvalue weighted by Crippen LogP contribution is -2.12. The van der Waals surface area contributed by atoms with Gasteiger partial charge in [-0.1, -0.05) is 41.1 Å². The summed E-state index contributed by atoms with van der Waals surface area (Å²) in [7, 11) is 0. The van der Waals surface area contributed by atoms with Crippen molar-refractivity contribution in [2.45, 2.75) is 0 Å². The summed E-state index contributed by atoms with van der Waals surface area (Å²) in [6.07, 6.45) is 3.36. The van der Waals surface area contributed by atoms with Crippen LogP contribution >= 0.6 is 22.9 Å². The van der Waals surface area contributed by atoms with Crippen LogP contribution in [0, 0.1) is 0 Å². The van der Waals surface area contributed by atoms with Gasteiger partial charge in [-0.25, -0.2) is 4.98 Å². The fraction of sp³-hybridized carbons (Fsp3) is 0. The number of anilines is 1. The van der Waals surface area contributed by atoms with Gasteiger partial charge in [0.2, 0.25) is 5.13 Å². The molecule has 6 nitrogen and oxygen atoms in total. The number of hydrogen-bond acceptors (Lipinski definition) is 6. The van der Waals surface area contributed by atoms with Crippen molar-refractivity contribution in [2.75, 3.05) is 5.32 Å². The summed E-state index contributed by atoms with van der Waals surface area (Å²) in [6, 6.07) is 12.6. The maximum atomic E-state index is 12.7. The number of carbonyl (C=O) groups is 1. The third-order valence-corrected chi connectivity index (χ3v) is 4.58. The second-order valence-corrected chi connectivity index (χ2v) is 6.48. The van der Waals surface area contributed by atoms with Crippen molar-refractivity contribution in [1.29, 1.82) is 0 Å². The average molecular weight is 368 g/mol. The highest BCUT2D eigenvalue weighted by Crippen LogP contribution is 2.27. The van der Waals surface area contributed by atoms with Gasteiger partial charge in [-0.05, 0) is 24.3 Å². The number of para-hydroxylation sites is 1. The summed E-state index contributed by atoms with van der Waals surface area (Å²) in [5.74, 6) is -0.307. The molecule has 3 heterocycles. The van der Waals surface area contributed by atoms with Gasteiger partial charge in [0.05, 0.1) is 11.1 Å². The van der Waals surface area contributed by atoms with Crippen LogP contribution in [0.25, 0.3) is 21.5 Å². The van der Waals surface area contributed by atoms with Crippen molar-refractivity contribution in [3.05, 3.63) is 65.6 Å². The van der Waals surface area contributed by atoms with Crippen LogP contribution in [-0.4, -0.2) is 26.1 Å². The number of pyridine rings is 2. The lowest BCUT2D eigenvalue weighted by Gasteiger charge is -2.06. The van der Waals surface area contributed by atoms with Crippen molar-refractivity contribution in [1.82, 2.24) is 20.2 Å². The monoisotopic (exact) mass is 367 g/mol. The minimum atomic E-state index is -0.307. The molecule has 4 rings (SSSR count). The highest BCUT2D eigenvalue weighted by Gasteiger charge is 2.15. The van der Waals surface area contributed by atoms with Crippen LogP contribution in [0.2, 0.25) is 5.15 Å². The Hall–Kier alpha value is -2.90. The highest BCUT2D eigenvalue weighted by molar-refractivity contribution is 7.18. The molecular formula is C17H10ClN5OS. The van der Waals surface area contributed by atoms with Crippen LogP contribution in [0.4, 0.5) is 5.13 Å². The number of nitrogens with zero attached hydrogens (tertiary/aromatic N) is 4. The molecule has 0 aliphatic rings. The standard InChI is InChI=1S/C17H10ClN5OS/c18-14-9-12(11-3-1-2-4-13(11)20-14)15(24)21-17-23-22-16(25-17)10-5-7-19-8-6-10/h1-9H,(H,21,23,24). The quantitative estimate of drug-likeness (QED) is 0.552. The lowest BCUT2D eigenvalue weighted by atomic mass is 10.1. The summed E-state index contributed by atoms with van der Waals surface area (Å²) in [5.41, 5.74) is 2.00. The van der Waals surface area contributed by atoms with Crippen LogP contribution in [-0.2, 0) is 0 Å². The highest BCUT2D eigenvalue weighted by atomic mass is 35.5. The second-order valence-electron chi connectivity index (χ2n) is 5.11. The zero-order chi connectivity index (χ0) is 17.2.